The molecule has 0 spiro atoms. The zero-order chi connectivity index (χ0) is 33.0. The molecule has 2 unspecified atom stereocenters. The van der Waals surface area contributed by atoms with Crippen LogP contribution in [0, 0.1) is 11.8 Å². The Kier molecular flexibility index (Phi) is 6.67. The molecule has 4 aliphatic carbocycles. The fraction of sp³-hybridized carbons (Fsp3) is 0.0417. The Bertz CT molecular complexity index is 2530. The van der Waals surface area contributed by atoms with Gasteiger partial charge in [0.05, 0.1) is 22.8 Å². The Morgan fingerprint density at radius 1 is 0.380 bits per heavy atom. The van der Waals surface area contributed by atoms with Gasteiger partial charge in [-0.1, -0.05) is 146 Å². The molecule has 6 aromatic rings. The van der Waals surface area contributed by atoms with Crippen LogP contribution in [0.2, 0.25) is 0 Å². The van der Waals surface area contributed by atoms with Crippen LogP contribution in [0.15, 0.2) is 228 Å². The third-order valence-corrected chi connectivity index (χ3v) is 10.6. The molecule has 2 heteroatoms. The molecule has 0 aromatic heterocycles. The van der Waals surface area contributed by atoms with E-state index in [1.807, 2.05) is 0 Å². The minimum absolute atomic E-state index is 0.196. The topological polar surface area (TPSA) is 6.48 Å². The molecule has 4 aliphatic rings. The van der Waals surface area contributed by atoms with E-state index in [1.165, 1.54) is 66.6 Å². The average molecular weight is 639 g/mol. The van der Waals surface area contributed by atoms with E-state index < -0.39 is 0 Å². The van der Waals surface area contributed by atoms with Crippen molar-refractivity contribution in [2.24, 2.45) is 11.8 Å². The molecule has 0 bridgehead atoms. The molecule has 0 radical (unpaired) electrons. The summed E-state index contributed by atoms with van der Waals surface area (Å²) in [6, 6.07) is 52.4. The highest BCUT2D eigenvalue weighted by atomic mass is 15.2. The smallest absolute Gasteiger partial charge is 0.0540 e. The minimum Gasteiger partial charge on any atom is -0.310 e. The lowest BCUT2D eigenvalue weighted by molar-refractivity contribution is 0.551. The van der Waals surface area contributed by atoms with Crippen molar-refractivity contribution in [1.29, 1.82) is 0 Å². The molecule has 10 rings (SSSR count). The second kappa shape index (κ2) is 11.6. The Morgan fingerprint density at radius 2 is 0.900 bits per heavy atom. The number of nitrogens with zero attached hydrogens (tertiary/aromatic N) is 2. The SMILES string of the molecule is C1=CC2=C(N(c3ccccc3)c3cccc4ccccc34)C=CC3=CC=C4C(N(c5ccccc5)c5cccc6ccccc56)=CC=C1C4C32. The molecule has 6 aromatic carbocycles. The lowest BCUT2D eigenvalue weighted by Gasteiger charge is -2.45. The van der Waals surface area contributed by atoms with E-state index in [2.05, 4.69) is 204 Å². The molecule has 2 nitrogen and oxygen atoms in total. The number of rotatable bonds is 6. The summed E-state index contributed by atoms with van der Waals surface area (Å²) in [6.07, 6.45) is 18.8. The van der Waals surface area contributed by atoms with Gasteiger partial charge in [0.15, 0.2) is 0 Å². The number of anilines is 4. The average Bonchev–Trinajstić information content (AvgIpc) is 3.19. The molecule has 236 valence electrons. The summed E-state index contributed by atoms with van der Waals surface area (Å²) < 4.78 is 0. The molecular formula is C48H34N2. The second-order valence-corrected chi connectivity index (χ2v) is 13.3. The van der Waals surface area contributed by atoms with Crippen LogP contribution in [-0.4, -0.2) is 0 Å². The van der Waals surface area contributed by atoms with Crippen molar-refractivity contribution in [3.8, 4) is 0 Å². The van der Waals surface area contributed by atoms with Crippen molar-refractivity contribution < 1.29 is 0 Å². The van der Waals surface area contributed by atoms with E-state index in [0.29, 0.717) is 0 Å². The van der Waals surface area contributed by atoms with Gasteiger partial charge < -0.3 is 9.80 Å². The summed E-state index contributed by atoms with van der Waals surface area (Å²) in [7, 11) is 0. The van der Waals surface area contributed by atoms with Crippen molar-refractivity contribution in [1.82, 2.24) is 0 Å². The number of hydrogen-bond acceptors (Lipinski definition) is 2. The molecule has 0 saturated heterocycles. The molecule has 0 heterocycles. The van der Waals surface area contributed by atoms with E-state index >= 15 is 0 Å². The van der Waals surface area contributed by atoms with Crippen LogP contribution in [0.3, 0.4) is 0 Å². The van der Waals surface area contributed by atoms with Gasteiger partial charge in [-0.3, -0.25) is 0 Å². The number of benzene rings is 6. The van der Waals surface area contributed by atoms with Gasteiger partial charge in [0.2, 0.25) is 0 Å². The first-order valence-corrected chi connectivity index (χ1v) is 17.4. The van der Waals surface area contributed by atoms with Crippen LogP contribution in [0.25, 0.3) is 21.5 Å². The normalized spacial score (nSPS) is 18.6. The highest BCUT2D eigenvalue weighted by molar-refractivity contribution is 5.99. The maximum atomic E-state index is 2.47. The van der Waals surface area contributed by atoms with Gasteiger partial charge in [-0.05, 0) is 81.6 Å². The summed E-state index contributed by atoms with van der Waals surface area (Å²) in [5.74, 6) is 0.391. The van der Waals surface area contributed by atoms with Crippen LogP contribution < -0.4 is 9.80 Å². The van der Waals surface area contributed by atoms with Gasteiger partial charge in [0, 0.05) is 34.0 Å². The van der Waals surface area contributed by atoms with E-state index in [9.17, 15) is 0 Å². The maximum absolute atomic E-state index is 2.47. The van der Waals surface area contributed by atoms with Crippen LogP contribution >= 0.6 is 0 Å². The number of para-hydroxylation sites is 2. The van der Waals surface area contributed by atoms with Gasteiger partial charge in [-0.25, -0.2) is 0 Å². The van der Waals surface area contributed by atoms with E-state index in [4.69, 9.17) is 0 Å². The minimum atomic E-state index is 0.196. The van der Waals surface area contributed by atoms with Crippen LogP contribution in [0.5, 0.6) is 0 Å². The van der Waals surface area contributed by atoms with Crippen LogP contribution in [-0.2, 0) is 0 Å². The molecule has 0 amide bonds. The van der Waals surface area contributed by atoms with Crippen LogP contribution in [0.4, 0.5) is 22.7 Å². The quantitative estimate of drug-likeness (QED) is 0.179. The summed E-state index contributed by atoms with van der Waals surface area (Å²) in [5, 5.41) is 4.95. The van der Waals surface area contributed by atoms with Crippen molar-refractivity contribution in [2.45, 2.75) is 0 Å². The molecule has 2 atom stereocenters. The Labute approximate surface area is 292 Å². The fourth-order valence-corrected chi connectivity index (χ4v) is 8.42. The molecule has 0 aliphatic heterocycles. The van der Waals surface area contributed by atoms with Crippen molar-refractivity contribution in [3.63, 3.8) is 0 Å². The van der Waals surface area contributed by atoms with E-state index in [0.717, 1.165) is 11.4 Å². The maximum Gasteiger partial charge on any atom is 0.0540 e. The molecule has 0 N–H and O–H groups in total. The zero-order valence-electron chi connectivity index (χ0n) is 27.5. The lowest BCUT2D eigenvalue weighted by atomic mass is 9.63. The summed E-state index contributed by atoms with van der Waals surface area (Å²) >= 11 is 0. The van der Waals surface area contributed by atoms with Gasteiger partial charge >= 0.3 is 0 Å². The van der Waals surface area contributed by atoms with Crippen molar-refractivity contribution >= 4 is 44.3 Å². The molecular weight excluding hydrogens is 605 g/mol. The summed E-state index contributed by atoms with van der Waals surface area (Å²) in [4.78, 5) is 4.93. The van der Waals surface area contributed by atoms with Crippen LogP contribution in [0.1, 0.15) is 0 Å². The standard InChI is InChI=1S/C48H34N2/c1-3-17-37(18-4-1)49(43-23-11-15-33-13-7-9-21-39(33)43)45-31-27-35-26-30-42-46(32-28-36-25-29-41(45)47(35)48(36)42)50(38-19-5-2-6-20-38)44-24-12-16-34-14-8-10-22-40(34)44/h1-32,47-48H. The predicted molar refractivity (Wildman–Crippen MR) is 210 cm³/mol. The number of fused-ring (bicyclic) bond motifs is 2. The third-order valence-electron chi connectivity index (χ3n) is 10.6. The van der Waals surface area contributed by atoms with Crippen molar-refractivity contribution in [3.05, 3.63) is 228 Å². The lowest BCUT2D eigenvalue weighted by Crippen LogP contribution is -2.35. The Hall–Kier alpha value is -6.38. The predicted octanol–water partition coefficient (Wildman–Crippen LogP) is 12.3. The summed E-state index contributed by atoms with van der Waals surface area (Å²) in [6.45, 7) is 0. The van der Waals surface area contributed by atoms with Gasteiger partial charge in [0.25, 0.3) is 0 Å². The fourth-order valence-electron chi connectivity index (χ4n) is 8.42. The highest BCUT2D eigenvalue weighted by Crippen LogP contribution is 2.54. The molecule has 0 fully saturated rings. The first kappa shape index (κ1) is 28.6. The number of hydrogen-bond donors (Lipinski definition) is 0. The van der Waals surface area contributed by atoms with E-state index in [1.54, 1.807) is 0 Å². The third kappa shape index (κ3) is 4.49. The monoisotopic (exact) mass is 638 g/mol. The molecule has 50 heavy (non-hydrogen) atoms. The van der Waals surface area contributed by atoms with E-state index in [-0.39, 0.29) is 11.8 Å². The largest absolute Gasteiger partial charge is 0.310 e. The first-order valence-electron chi connectivity index (χ1n) is 17.4. The van der Waals surface area contributed by atoms with Gasteiger partial charge in [-0.15, -0.1) is 0 Å². The highest BCUT2D eigenvalue weighted by Gasteiger charge is 2.42. The number of allylic oxidation sites excluding steroid dienone is 12. The zero-order valence-corrected chi connectivity index (χ0v) is 27.5. The Balaban J connectivity index is 1.15. The van der Waals surface area contributed by atoms with Gasteiger partial charge in [-0.2, -0.15) is 0 Å². The van der Waals surface area contributed by atoms with Gasteiger partial charge in [0.1, 0.15) is 0 Å². The van der Waals surface area contributed by atoms with Crippen molar-refractivity contribution in [2.75, 3.05) is 9.80 Å². The Morgan fingerprint density at radius 3 is 1.58 bits per heavy atom. The first-order chi connectivity index (χ1) is 24.8. The molecule has 0 saturated carbocycles. The summed E-state index contributed by atoms with van der Waals surface area (Å²) in [5.41, 5.74) is 12.5. The second-order valence-electron chi connectivity index (χ2n) is 13.3.